The number of hydrogen-bond acceptors (Lipinski definition) is 8. The number of aromatic nitrogens is 2. The zero-order valence-corrected chi connectivity index (χ0v) is 21.7. The van der Waals surface area contributed by atoms with Crippen molar-refractivity contribution in [2.75, 3.05) is 12.3 Å². The van der Waals surface area contributed by atoms with Gasteiger partial charge in [0.2, 0.25) is 11.5 Å². The second-order valence-corrected chi connectivity index (χ2v) is 10.2. The monoisotopic (exact) mass is 570 g/mol. The first kappa shape index (κ1) is 27.9. The van der Waals surface area contributed by atoms with E-state index in [-0.39, 0.29) is 30.5 Å². The average molecular weight is 571 g/mol. The predicted molar refractivity (Wildman–Crippen MR) is 134 cm³/mol. The van der Waals surface area contributed by atoms with E-state index in [9.17, 15) is 14.2 Å². The molecule has 0 spiro atoms. The van der Waals surface area contributed by atoms with E-state index < -0.39 is 7.82 Å². The summed E-state index contributed by atoms with van der Waals surface area (Å²) < 4.78 is 16.5. The predicted octanol–water partition coefficient (Wildman–Crippen LogP) is 3.79. The van der Waals surface area contributed by atoms with Crippen molar-refractivity contribution in [3.05, 3.63) is 68.6 Å². The molecule has 0 aliphatic rings. The van der Waals surface area contributed by atoms with Crippen molar-refractivity contribution in [3.8, 4) is 0 Å². The molecule has 0 saturated heterocycles. The van der Waals surface area contributed by atoms with Crippen LogP contribution in [0.25, 0.3) is 6.08 Å². The van der Waals surface area contributed by atoms with Gasteiger partial charge in [0.25, 0.3) is 0 Å². The number of aryl methyl sites for hydroxylation is 1. The van der Waals surface area contributed by atoms with Crippen molar-refractivity contribution < 1.29 is 28.5 Å². The second kappa shape index (κ2) is 12.9. The third-order valence-corrected chi connectivity index (χ3v) is 6.49. The summed E-state index contributed by atoms with van der Waals surface area (Å²) in [7, 11) is -4.69. The van der Waals surface area contributed by atoms with Gasteiger partial charge in [0, 0.05) is 33.3 Å². The average Bonchev–Trinajstić information content (AvgIpc) is 2.75. The molecular weight excluding hydrogens is 547 g/mol. The molecule has 0 atom stereocenters. The summed E-state index contributed by atoms with van der Waals surface area (Å²) in [4.78, 5) is 52.3. The molecule has 0 unspecified atom stereocenters. The number of thioether (sulfide) groups is 1. The molecule has 1 aromatic heterocycles. The van der Waals surface area contributed by atoms with Crippen molar-refractivity contribution in [1.82, 2.24) is 14.9 Å². The number of allylic oxidation sites excluding steroid dienone is 1. The van der Waals surface area contributed by atoms with Crippen molar-refractivity contribution in [2.45, 2.75) is 26.8 Å². The van der Waals surface area contributed by atoms with Crippen LogP contribution in [0.5, 0.6) is 0 Å². The Hall–Kier alpha value is -2.34. The largest absolute Gasteiger partial charge is 0.469 e. The van der Waals surface area contributed by atoms with Gasteiger partial charge in [-0.05, 0) is 49.4 Å². The van der Waals surface area contributed by atoms with Gasteiger partial charge in [0.15, 0.2) is 0 Å². The first-order valence-corrected chi connectivity index (χ1v) is 13.0. The van der Waals surface area contributed by atoms with E-state index in [0.717, 1.165) is 21.8 Å². The maximum atomic E-state index is 12.6. The highest BCUT2D eigenvalue weighted by Gasteiger charge is 2.19. The molecule has 13 heteroatoms. The molecule has 0 aliphatic heterocycles. The van der Waals surface area contributed by atoms with E-state index in [2.05, 4.69) is 30.4 Å². The Morgan fingerprint density at radius 1 is 1.38 bits per heavy atom. The lowest BCUT2D eigenvalue weighted by molar-refractivity contribution is -0.117. The van der Waals surface area contributed by atoms with Crippen LogP contribution in [0.3, 0.4) is 0 Å². The molecule has 182 valence electrons. The highest BCUT2D eigenvalue weighted by molar-refractivity contribution is 9.10. The number of carbonyl (C=O) groups excluding carboxylic acids is 2. The molecule has 2 rings (SSSR count). The Bertz CT molecular complexity index is 1150. The fourth-order valence-corrected chi connectivity index (χ4v) is 4.28. The number of amides is 1. The number of nitrogen functional groups attached to an aromatic ring is 1. The number of carbonyl (C=O) groups is 2. The smallest absolute Gasteiger partial charge is 0.383 e. The highest BCUT2D eigenvalue weighted by Crippen LogP contribution is 2.37. The zero-order valence-electron chi connectivity index (χ0n) is 18.4. The molecule has 1 heterocycles. The summed E-state index contributed by atoms with van der Waals surface area (Å²) in [5.41, 5.74) is 7.64. The molecule has 0 radical (unpaired) electrons. The lowest BCUT2D eigenvalue weighted by Gasteiger charge is -2.22. The van der Waals surface area contributed by atoms with Crippen LogP contribution in [-0.4, -0.2) is 42.8 Å². The number of phosphoric acid groups is 1. The number of benzene rings is 1. The molecule has 10 nitrogen and oxygen atoms in total. The van der Waals surface area contributed by atoms with Crippen LogP contribution in [0.2, 0.25) is 0 Å². The first-order valence-electron chi connectivity index (χ1n) is 9.83. The van der Waals surface area contributed by atoms with Crippen LogP contribution in [0, 0.1) is 6.92 Å². The standard InChI is InChI=1S/C21H24BrN4O6PS/c1-14(26(13-27)12-17-11-24-15(2)25-21(17)23)19(8-9-32-33(29,30)31)34-20(28)7-6-16-4-3-5-18(22)10-16/h3-7,10-11,13H,8-9,12H2,1-2H3,(H2,23,24,25)(H2,29,30,31)/b7-6+,19-14-. The Morgan fingerprint density at radius 3 is 2.74 bits per heavy atom. The SMILES string of the molecule is C/C(=C(\CCOP(=O)(O)O)SC(=O)/C=C/c1cccc(Br)c1)N(C=O)Cc1cnc(C)nc1N. The normalized spacial score (nSPS) is 12.5. The first-order chi connectivity index (χ1) is 16.0. The van der Waals surface area contributed by atoms with Crippen LogP contribution < -0.4 is 5.73 Å². The maximum Gasteiger partial charge on any atom is 0.469 e. The number of phosphoric ester groups is 1. The van der Waals surface area contributed by atoms with E-state index >= 15 is 0 Å². The Morgan fingerprint density at radius 2 is 2.12 bits per heavy atom. The lowest BCUT2D eigenvalue weighted by atomic mass is 10.2. The minimum atomic E-state index is -4.69. The molecule has 0 saturated carbocycles. The van der Waals surface area contributed by atoms with Crippen molar-refractivity contribution >= 4 is 58.9 Å². The number of nitrogens with zero attached hydrogens (tertiary/aromatic N) is 3. The lowest BCUT2D eigenvalue weighted by Crippen LogP contribution is -2.22. The molecule has 0 bridgehead atoms. The molecule has 1 amide bonds. The number of nitrogens with two attached hydrogens (primary N) is 1. The van der Waals surface area contributed by atoms with E-state index in [4.69, 9.17) is 15.5 Å². The summed E-state index contributed by atoms with van der Waals surface area (Å²) in [6, 6.07) is 7.36. The summed E-state index contributed by atoms with van der Waals surface area (Å²) in [6.07, 6.45) is 5.09. The van der Waals surface area contributed by atoms with Crippen molar-refractivity contribution in [1.29, 1.82) is 0 Å². The summed E-state index contributed by atoms with van der Waals surface area (Å²) >= 11 is 4.20. The van der Waals surface area contributed by atoms with E-state index in [0.29, 0.717) is 28.4 Å². The summed E-state index contributed by atoms with van der Waals surface area (Å²) in [5.74, 6) is 0.707. The minimum Gasteiger partial charge on any atom is -0.383 e. The number of hydrogen-bond donors (Lipinski definition) is 3. The van der Waals surface area contributed by atoms with Crippen LogP contribution in [0.15, 0.2) is 51.6 Å². The van der Waals surface area contributed by atoms with Gasteiger partial charge < -0.3 is 20.4 Å². The van der Waals surface area contributed by atoms with E-state index in [1.165, 1.54) is 17.2 Å². The second-order valence-electron chi connectivity index (χ2n) is 6.95. The fourth-order valence-electron chi connectivity index (χ4n) is 2.71. The van der Waals surface area contributed by atoms with Gasteiger partial charge in [-0.15, -0.1) is 0 Å². The van der Waals surface area contributed by atoms with Gasteiger partial charge in [-0.25, -0.2) is 14.5 Å². The molecule has 1 aromatic carbocycles. The fraction of sp³-hybridized carbons (Fsp3) is 0.238. The Kier molecular flexibility index (Phi) is 10.6. The van der Waals surface area contributed by atoms with Crippen LogP contribution >= 0.6 is 35.5 Å². The summed E-state index contributed by atoms with van der Waals surface area (Å²) in [5, 5.41) is -0.338. The van der Waals surface area contributed by atoms with Gasteiger partial charge >= 0.3 is 7.82 Å². The molecule has 2 aromatic rings. The third kappa shape index (κ3) is 9.49. The van der Waals surface area contributed by atoms with Gasteiger partial charge in [-0.2, -0.15) is 0 Å². The van der Waals surface area contributed by atoms with E-state index in [1.54, 1.807) is 19.9 Å². The van der Waals surface area contributed by atoms with Crippen LogP contribution in [-0.2, 0) is 25.2 Å². The minimum absolute atomic E-state index is 0.0116. The van der Waals surface area contributed by atoms with Crippen molar-refractivity contribution in [2.24, 2.45) is 0 Å². The van der Waals surface area contributed by atoms with Crippen LogP contribution in [0.4, 0.5) is 5.82 Å². The van der Waals surface area contributed by atoms with Gasteiger partial charge in [-0.1, -0.05) is 34.1 Å². The topological polar surface area (TPSA) is 156 Å². The molecule has 0 aliphatic carbocycles. The quantitative estimate of drug-likeness (QED) is 0.206. The van der Waals surface area contributed by atoms with Crippen molar-refractivity contribution in [3.63, 3.8) is 0 Å². The van der Waals surface area contributed by atoms with Gasteiger partial charge in [0.05, 0.1) is 13.2 Å². The highest BCUT2D eigenvalue weighted by atomic mass is 79.9. The third-order valence-electron chi connectivity index (χ3n) is 4.39. The molecule has 34 heavy (non-hydrogen) atoms. The number of anilines is 1. The van der Waals surface area contributed by atoms with Gasteiger partial charge in [-0.3, -0.25) is 14.1 Å². The molecule has 0 fully saturated rings. The van der Waals surface area contributed by atoms with Gasteiger partial charge in [0.1, 0.15) is 11.6 Å². The number of rotatable bonds is 11. The number of halogens is 1. The Balaban J connectivity index is 2.26. The molecule has 4 N–H and O–H groups in total. The molecular formula is C21H24BrN4O6PS. The van der Waals surface area contributed by atoms with E-state index in [1.807, 2.05) is 24.3 Å². The van der Waals surface area contributed by atoms with Crippen LogP contribution in [0.1, 0.15) is 30.3 Å². The maximum absolute atomic E-state index is 12.6. The Labute approximate surface area is 209 Å². The summed E-state index contributed by atoms with van der Waals surface area (Å²) in [6.45, 7) is 3.00. The zero-order chi connectivity index (χ0) is 25.3.